The summed E-state index contributed by atoms with van der Waals surface area (Å²) in [7, 11) is 0. The van der Waals surface area contributed by atoms with Crippen LogP contribution in [-0.4, -0.2) is 9.97 Å². The summed E-state index contributed by atoms with van der Waals surface area (Å²) in [4.78, 5) is 9.96. The van der Waals surface area contributed by atoms with Gasteiger partial charge in [0.25, 0.3) is 0 Å². The molecule has 0 amide bonds. The van der Waals surface area contributed by atoms with Gasteiger partial charge in [-0.05, 0) is 48.8 Å². The monoisotopic (exact) mass is 368 g/mol. The van der Waals surface area contributed by atoms with E-state index in [0.29, 0.717) is 0 Å². The highest BCUT2D eigenvalue weighted by atomic mass is 14.8. The number of aromatic nitrogens is 2. The van der Waals surface area contributed by atoms with Gasteiger partial charge in [-0.2, -0.15) is 0 Å². The van der Waals surface area contributed by atoms with E-state index in [1.54, 1.807) is 0 Å². The van der Waals surface area contributed by atoms with E-state index in [-0.39, 0.29) is 10.8 Å². The van der Waals surface area contributed by atoms with Gasteiger partial charge >= 0.3 is 0 Å². The molecule has 0 aliphatic carbocycles. The zero-order chi connectivity index (χ0) is 19.9. The molecule has 0 aliphatic heterocycles. The number of hydrogen-bond donors (Lipinski definition) is 0. The van der Waals surface area contributed by atoms with Gasteiger partial charge in [0.05, 0.1) is 16.7 Å². The van der Waals surface area contributed by atoms with Crippen molar-refractivity contribution in [3.05, 3.63) is 35.7 Å². The number of hydrogen-bond acceptors (Lipinski definition) is 2. The third-order valence-electron chi connectivity index (χ3n) is 6.60. The van der Waals surface area contributed by atoms with Gasteiger partial charge in [0.1, 0.15) is 0 Å². The van der Waals surface area contributed by atoms with Gasteiger partial charge in [-0.25, -0.2) is 4.98 Å². The fourth-order valence-corrected chi connectivity index (χ4v) is 4.27. The topological polar surface area (TPSA) is 25.8 Å². The molecular formula is C25H40N2. The van der Waals surface area contributed by atoms with Gasteiger partial charge in [0.2, 0.25) is 0 Å². The molecule has 0 N–H and O–H groups in total. The summed E-state index contributed by atoms with van der Waals surface area (Å²) in [5.41, 5.74) is 5.05. The lowest BCUT2D eigenvalue weighted by atomic mass is 9.76. The number of benzene rings is 1. The van der Waals surface area contributed by atoms with Crippen molar-refractivity contribution in [1.29, 1.82) is 0 Å². The summed E-state index contributed by atoms with van der Waals surface area (Å²) in [6, 6.07) is 6.76. The summed E-state index contributed by atoms with van der Waals surface area (Å²) in [5, 5.41) is 0. The predicted molar refractivity (Wildman–Crippen MR) is 118 cm³/mol. The first-order valence-corrected chi connectivity index (χ1v) is 11.2. The molecule has 2 aromatic rings. The van der Waals surface area contributed by atoms with E-state index in [1.165, 1.54) is 62.6 Å². The number of unbranched alkanes of at least 4 members (excludes halogenated alkanes) is 2. The molecule has 0 spiro atoms. The average molecular weight is 369 g/mol. The van der Waals surface area contributed by atoms with Gasteiger partial charge in [0.15, 0.2) is 0 Å². The molecule has 1 heterocycles. The van der Waals surface area contributed by atoms with Gasteiger partial charge in [-0.3, -0.25) is 4.98 Å². The second-order valence-electron chi connectivity index (χ2n) is 8.89. The van der Waals surface area contributed by atoms with Gasteiger partial charge in [-0.15, -0.1) is 0 Å². The summed E-state index contributed by atoms with van der Waals surface area (Å²) in [6.07, 6.45) is 13.0. The molecule has 0 fully saturated rings. The molecule has 27 heavy (non-hydrogen) atoms. The maximum Gasteiger partial charge on any atom is 0.0890 e. The lowest BCUT2D eigenvalue weighted by Gasteiger charge is -2.30. The van der Waals surface area contributed by atoms with E-state index in [9.17, 15) is 0 Å². The molecular weight excluding hydrogens is 328 g/mol. The fourth-order valence-electron chi connectivity index (χ4n) is 4.27. The second-order valence-corrected chi connectivity index (χ2v) is 8.89. The molecule has 2 heteroatoms. The van der Waals surface area contributed by atoms with E-state index in [0.717, 1.165) is 17.5 Å². The summed E-state index contributed by atoms with van der Waals surface area (Å²) in [6.45, 7) is 13.9. The third-order valence-corrected chi connectivity index (χ3v) is 6.60. The molecule has 0 aliphatic rings. The van der Waals surface area contributed by atoms with E-state index in [2.05, 4.69) is 65.9 Å². The molecule has 0 bridgehead atoms. The third kappa shape index (κ3) is 5.09. The Morgan fingerprint density at radius 1 is 0.778 bits per heavy atom. The fraction of sp³-hybridized carbons (Fsp3) is 0.680. The lowest BCUT2D eigenvalue weighted by Crippen LogP contribution is -2.24. The van der Waals surface area contributed by atoms with Crippen LogP contribution in [0.5, 0.6) is 0 Å². The van der Waals surface area contributed by atoms with E-state index in [4.69, 9.17) is 9.97 Å². The first-order valence-electron chi connectivity index (χ1n) is 11.2. The van der Waals surface area contributed by atoms with Crippen molar-refractivity contribution in [2.75, 3.05) is 0 Å². The zero-order valence-electron chi connectivity index (χ0n) is 18.6. The van der Waals surface area contributed by atoms with Crippen molar-refractivity contribution < 1.29 is 0 Å². The molecule has 2 rings (SSSR count). The molecule has 1 unspecified atom stereocenters. The molecule has 0 saturated carbocycles. The van der Waals surface area contributed by atoms with Crippen LogP contribution >= 0.6 is 0 Å². The molecule has 0 radical (unpaired) electrons. The van der Waals surface area contributed by atoms with Gasteiger partial charge in [0, 0.05) is 11.6 Å². The predicted octanol–water partition coefficient (Wildman–Crippen LogP) is 7.74. The lowest BCUT2D eigenvalue weighted by molar-refractivity contribution is 0.365. The Hall–Kier alpha value is -1.44. The first kappa shape index (κ1) is 21.9. The highest BCUT2D eigenvalue weighted by Gasteiger charge is 2.28. The standard InChI is InChI=1S/C25H40N2/c1-7-11-16-25(6,17-12-8-2)23-19-26-22-18-20(13-14-21(22)27-23)24(5,10-4)15-9-3/h13-14,18-19H,7-12,15-17H2,1-6H3. The van der Waals surface area contributed by atoms with Crippen molar-refractivity contribution in [2.24, 2.45) is 0 Å². The number of nitrogens with zero attached hydrogens (tertiary/aromatic N) is 2. The average Bonchev–Trinajstić information content (AvgIpc) is 2.70. The first-order chi connectivity index (χ1) is 12.9. The smallest absolute Gasteiger partial charge is 0.0890 e. The van der Waals surface area contributed by atoms with Crippen LogP contribution in [0.1, 0.15) is 111 Å². The Labute approximate surface area is 167 Å². The Balaban J connectivity index is 2.40. The van der Waals surface area contributed by atoms with Crippen LogP contribution in [0.3, 0.4) is 0 Å². The largest absolute Gasteiger partial charge is 0.253 e. The van der Waals surface area contributed by atoms with Crippen LogP contribution in [-0.2, 0) is 10.8 Å². The molecule has 1 aromatic carbocycles. The van der Waals surface area contributed by atoms with E-state index >= 15 is 0 Å². The normalized spacial score (nSPS) is 14.4. The van der Waals surface area contributed by atoms with Crippen molar-refractivity contribution in [3.63, 3.8) is 0 Å². The van der Waals surface area contributed by atoms with Crippen molar-refractivity contribution in [2.45, 2.75) is 110 Å². The van der Waals surface area contributed by atoms with Gasteiger partial charge in [-0.1, -0.05) is 79.7 Å². The van der Waals surface area contributed by atoms with E-state index in [1.807, 2.05) is 0 Å². The molecule has 150 valence electrons. The minimum atomic E-state index is 0.145. The van der Waals surface area contributed by atoms with E-state index < -0.39 is 0 Å². The minimum absolute atomic E-state index is 0.145. The number of fused-ring (bicyclic) bond motifs is 1. The summed E-state index contributed by atoms with van der Waals surface area (Å²) in [5.74, 6) is 0. The van der Waals surface area contributed by atoms with Crippen molar-refractivity contribution >= 4 is 11.0 Å². The van der Waals surface area contributed by atoms with Crippen molar-refractivity contribution in [1.82, 2.24) is 9.97 Å². The van der Waals surface area contributed by atoms with Crippen LogP contribution < -0.4 is 0 Å². The Bertz CT molecular complexity index is 713. The summed E-state index contributed by atoms with van der Waals surface area (Å²) >= 11 is 0. The molecule has 1 atom stereocenters. The van der Waals surface area contributed by atoms with Crippen LogP contribution in [0.2, 0.25) is 0 Å². The molecule has 2 nitrogen and oxygen atoms in total. The van der Waals surface area contributed by atoms with Crippen LogP contribution in [0, 0.1) is 0 Å². The minimum Gasteiger partial charge on any atom is -0.253 e. The van der Waals surface area contributed by atoms with Crippen LogP contribution in [0.25, 0.3) is 11.0 Å². The SMILES string of the molecule is CCCCC(C)(CCCC)c1cnc2cc(C(C)(CC)CCC)ccc2n1. The maximum atomic E-state index is 5.09. The van der Waals surface area contributed by atoms with Crippen LogP contribution in [0.4, 0.5) is 0 Å². The highest BCUT2D eigenvalue weighted by molar-refractivity contribution is 5.75. The summed E-state index contributed by atoms with van der Waals surface area (Å²) < 4.78 is 0. The Morgan fingerprint density at radius 2 is 1.44 bits per heavy atom. The van der Waals surface area contributed by atoms with Gasteiger partial charge < -0.3 is 0 Å². The number of rotatable bonds is 11. The molecule has 0 saturated heterocycles. The maximum absolute atomic E-state index is 5.09. The van der Waals surface area contributed by atoms with Crippen LogP contribution in [0.15, 0.2) is 24.4 Å². The highest BCUT2D eigenvalue weighted by Crippen LogP contribution is 2.36. The molecule has 1 aromatic heterocycles. The zero-order valence-corrected chi connectivity index (χ0v) is 18.6. The Morgan fingerprint density at radius 3 is 2.00 bits per heavy atom. The second kappa shape index (κ2) is 9.66. The quantitative estimate of drug-likeness (QED) is 0.405. The van der Waals surface area contributed by atoms with Crippen molar-refractivity contribution in [3.8, 4) is 0 Å². The Kier molecular flexibility index (Phi) is 7.82.